The molecule has 0 aromatic carbocycles. The number of nitrogens with one attached hydrogen (secondary N) is 2. The molecule has 1 saturated heterocycles. The summed E-state index contributed by atoms with van der Waals surface area (Å²) in [6, 6.07) is 4.02. The van der Waals surface area contributed by atoms with Crippen LogP contribution in [0, 0.1) is 6.92 Å². The zero-order valence-corrected chi connectivity index (χ0v) is 19.8. The van der Waals surface area contributed by atoms with Crippen molar-refractivity contribution in [3.8, 4) is 11.5 Å². The molecule has 4 heterocycles. The Hall–Kier alpha value is -3.67. The number of nitrogens with zero attached hydrogens (tertiary/aromatic N) is 4. The smallest absolute Gasteiger partial charge is 0.161 e. The normalized spacial score (nSPS) is 15.8. The van der Waals surface area contributed by atoms with Crippen molar-refractivity contribution in [1.29, 1.82) is 0 Å². The third kappa shape index (κ3) is 4.60. The summed E-state index contributed by atoms with van der Waals surface area (Å²) in [4.78, 5) is 15.8. The first kappa shape index (κ1) is 22.5. The molecule has 0 bridgehead atoms. The SMILES string of the molecule is C=C/C=C(\c1nc(-c2n[nH]c3ccc(C(/C=C(/C)C=C)=C/C)nc23)[nH]c1C)N1CCCCC1. The van der Waals surface area contributed by atoms with Gasteiger partial charge in [0, 0.05) is 18.8 Å². The molecular formula is C27H32N6. The molecule has 170 valence electrons. The number of aromatic nitrogens is 5. The standard InChI is InChI=1S/C27H32N6/c1-6-12-23(33-15-10-9-11-16-33)24-19(5)28-27(30-24)26-25-22(31-32-26)14-13-21(29-25)20(8-3)17-18(4)7-2/h6-8,12-14,17H,1-2,9-11,15-16H2,3-5H3,(H,28,30)(H,31,32)/b18-17-,20-8+,23-12+. The summed E-state index contributed by atoms with van der Waals surface area (Å²) in [6.45, 7) is 16.0. The van der Waals surface area contributed by atoms with Crippen LogP contribution in [0.5, 0.6) is 0 Å². The van der Waals surface area contributed by atoms with Crippen LogP contribution in [-0.4, -0.2) is 43.1 Å². The van der Waals surface area contributed by atoms with Crippen molar-refractivity contribution in [3.05, 3.63) is 78.3 Å². The number of hydrogen-bond acceptors (Lipinski definition) is 4. The molecule has 3 aromatic heterocycles. The van der Waals surface area contributed by atoms with E-state index in [4.69, 9.17) is 9.97 Å². The second-order valence-corrected chi connectivity index (χ2v) is 8.40. The van der Waals surface area contributed by atoms with Gasteiger partial charge in [-0.3, -0.25) is 5.10 Å². The fourth-order valence-electron chi connectivity index (χ4n) is 4.24. The van der Waals surface area contributed by atoms with Crippen molar-refractivity contribution in [2.75, 3.05) is 13.1 Å². The first-order chi connectivity index (χ1) is 16.0. The Balaban J connectivity index is 1.76. The molecule has 3 aromatic rings. The predicted molar refractivity (Wildman–Crippen MR) is 137 cm³/mol. The van der Waals surface area contributed by atoms with Gasteiger partial charge in [-0.25, -0.2) is 9.97 Å². The number of imidazole rings is 1. The maximum atomic E-state index is 4.98. The van der Waals surface area contributed by atoms with Gasteiger partial charge in [0.05, 0.1) is 16.9 Å². The van der Waals surface area contributed by atoms with E-state index >= 15 is 0 Å². The van der Waals surface area contributed by atoms with Crippen LogP contribution in [0.3, 0.4) is 0 Å². The molecule has 1 aliphatic heterocycles. The molecular weight excluding hydrogens is 408 g/mol. The van der Waals surface area contributed by atoms with Crippen molar-refractivity contribution in [3.63, 3.8) is 0 Å². The Labute approximate surface area is 195 Å². The highest BCUT2D eigenvalue weighted by atomic mass is 15.2. The van der Waals surface area contributed by atoms with Crippen LogP contribution < -0.4 is 0 Å². The van der Waals surface area contributed by atoms with E-state index in [1.165, 1.54) is 19.3 Å². The quantitative estimate of drug-likeness (QED) is 0.429. The van der Waals surface area contributed by atoms with Gasteiger partial charge in [0.25, 0.3) is 0 Å². The number of aromatic amines is 2. The van der Waals surface area contributed by atoms with E-state index in [1.54, 1.807) is 0 Å². The molecule has 4 rings (SSSR count). The fraction of sp³-hybridized carbons (Fsp3) is 0.296. The third-order valence-corrected chi connectivity index (χ3v) is 6.04. The predicted octanol–water partition coefficient (Wildman–Crippen LogP) is 6.20. The molecule has 6 nitrogen and oxygen atoms in total. The van der Waals surface area contributed by atoms with Gasteiger partial charge in [-0.15, -0.1) is 0 Å². The number of H-pyrrole nitrogens is 2. The van der Waals surface area contributed by atoms with E-state index < -0.39 is 0 Å². The summed E-state index contributed by atoms with van der Waals surface area (Å²) in [6.07, 6.45) is 13.6. The van der Waals surface area contributed by atoms with Crippen molar-refractivity contribution < 1.29 is 0 Å². The Morgan fingerprint density at radius 2 is 1.91 bits per heavy atom. The fourth-order valence-corrected chi connectivity index (χ4v) is 4.24. The molecule has 0 spiro atoms. The number of piperidine rings is 1. The average molecular weight is 441 g/mol. The number of pyridine rings is 1. The molecule has 0 saturated carbocycles. The van der Waals surface area contributed by atoms with Gasteiger partial charge in [-0.05, 0) is 63.8 Å². The van der Waals surface area contributed by atoms with Crippen LogP contribution in [0.2, 0.25) is 0 Å². The van der Waals surface area contributed by atoms with Gasteiger partial charge < -0.3 is 9.88 Å². The maximum absolute atomic E-state index is 4.98. The second kappa shape index (κ2) is 9.86. The molecule has 0 radical (unpaired) electrons. The lowest BCUT2D eigenvalue weighted by molar-refractivity contribution is 0.325. The Kier molecular flexibility index (Phi) is 6.73. The third-order valence-electron chi connectivity index (χ3n) is 6.04. The van der Waals surface area contributed by atoms with Gasteiger partial charge in [-0.2, -0.15) is 5.10 Å². The lowest BCUT2D eigenvalue weighted by Gasteiger charge is -2.30. The molecule has 2 N–H and O–H groups in total. The Morgan fingerprint density at radius 3 is 2.61 bits per heavy atom. The van der Waals surface area contributed by atoms with Crippen molar-refractivity contribution in [1.82, 2.24) is 30.0 Å². The minimum atomic E-state index is 0.713. The minimum Gasteiger partial charge on any atom is -0.370 e. The molecule has 6 heteroatoms. The highest BCUT2D eigenvalue weighted by Gasteiger charge is 2.22. The first-order valence-electron chi connectivity index (χ1n) is 11.5. The lowest BCUT2D eigenvalue weighted by Crippen LogP contribution is -2.28. The molecule has 0 atom stereocenters. The second-order valence-electron chi connectivity index (χ2n) is 8.40. The molecule has 1 aliphatic rings. The van der Waals surface area contributed by atoms with Gasteiger partial charge in [0.2, 0.25) is 0 Å². The first-order valence-corrected chi connectivity index (χ1v) is 11.5. The van der Waals surface area contributed by atoms with Crippen molar-refractivity contribution in [2.24, 2.45) is 0 Å². The molecule has 0 amide bonds. The van der Waals surface area contributed by atoms with E-state index in [1.807, 2.05) is 38.1 Å². The monoisotopic (exact) mass is 440 g/mol. The minimum absolute atomic E-state index is 0.713. The lowest BCUT2D eigenvalue weighted by atomic mass is 10.1. The highest BCUT2D eigenvalue weighted by molar-refractivity contribution is 5.90. The van der Waals surface area contributed by atoms with Crippen LogP contribution in [0.1, 0.15) is 50.2 Å². The number of allylic oxidation sites excluding steroid dienone is 7. The summed E-state index contributed by atoms with van der Waals surface area (Å²) in [7, 11) is 0. The largest absolute Gasteiger partial charge is 0.370 e. The van der Waals surface area contributed by atoms with E-state index in [0.717, 1.165) is 63.7 Å². The average Bonchev–Trinajstić information content (AvgIpc) is 3.44. The Bertz CT molecular complexity index is 1260. The number of rotatable bonds is 7. The molecule has 0 unspecified atom stereocenters. The summed E-state index contributed by atoms with van der Waals surface area (Å²) in [5, 5.41) is 7.66. The van der Waals surface area contributed by atoms with Crippen LogP contribution in [0.25, 0.3) is 33.8 Å². The van der Waals surface area contributed by atoms with Crippen LogP contribution in [0.15, 0.2) is 61.2 Å². The number of fused-ring (bicyclic) bond motifs is 1. The molecule has 33 heavy (non-hydrogen) atoms. The maximum Gasteiger partial charge on any atom is 0.161 e. The van der Waals surface area contributed by atoms with Crippen molar-refractivity contribution >= 4 is 22.3 Å². The Morgan fingerprint density at radius 1 is 1.12 bits per heavy atom. The van der Waals surface area contributed by atoms with Crippen LogP contribution >= 0.6 is 0 Å². The van der Waals surface area contributed by atoms with E-state index in [2.05, 4.69) is 58.4 Å². The number of likely N-dealkylation sites (tertiary alicyclic amines) is 1. The summed E-state index contributed by atoms with van der Waals surface area (Å²) in [5.74, 6) is 0.713. The summed E-state index contributed by atoms with van der Waals surface area (Å²) >= 11 is 0. The zero-order valence-electron chi connectivity index (χ0n) is 19.8. The topological polar surface area (TPSA) is 73.5 Å². The number of aryl methyl sites for hydroxylation is 1. The van der Waals surface area contributed by atoms with Gasteiger partial charge >= 0.3 is 0 Å². The van der Waals surface area contributed by atoms with E-state index in [0.29, 0.717) is 5.82 Å². The summed E-state index contributed by atoms with van der Waals surface area (Å²) in [5.41, 5.74) is 8.47. The summed E-state index contributed by atoms with van der Waals surface area (Å²) < 4.78 is 0. The van der Waals surface area contributed by atoms with Gasteiger partial charge in [0.1, 0.15) is 11.2 Å². The van der Waals surface area contributed by atoms with Crippen LogP contribution in [-0.2, 0) is 0 Å². The van der Waals surface area contributed by atoms with Crippen LogP contribution in [0.4, 0.5) is 0 Å². The highest BCUT2D eigenvalue weighted by Crippen LogP contribution is 2.30. The zero-order chi connectivity index (χ0) is 23.4. The van der Waals surface area contributed by atoms with Gasteiger partial charge in [0.15, 0.2) is 11.5 Å². The molecule has 1 fully saturated rings. The van der Waals surface area contributed by atoms with Crippen molar-refractivity contribution in [2.45, 2.75) is 40.0 Å². The van der Waals surface area contributed by atoms with Gasteiger partial charge in [-0.1, -0.05) is 43.0 Å². The number of hydrogen-bond donors (Lipinski definition) is 2. The van der Waals surface area contributed by atoms with E-state index in [-0.39, 0.29) is 0 Å². The molecule has 0 aliphatic carbocycles. The van der Waals surface area contributed by atoms with E-state index in [9.17, 15) is 0 Å².